The quantitative estimate of drug-likeness (QED) is 0.885. The number of carboxylic acids is 1. The lowest BCUT2D eigenvalue weighted by molar-refractivity contribution is -0.136. The monoisotopic (exact) mass is 282 g/mol. The van der Waals surface area contributed by atoms with Crippen molar-refractivity contribution in [3.8, 4) is 0 Å². The molecule has 1 aromatic carbocycles. The van der Waals surface area contributed by atoms with Crippen LogP contribution in [-0.4, -0.2) is 16.1 Å². The number of aromatic nitrogens is 1. The van der Waals surface area contributed by atoms with Crippen LogP contribution in [0.3, 0.4) is 0 Å². The molecule has 0 amide bonds. The number of nitrogens with zero attached hydrogens (tertiary/aromatic N) is 1. The molecule has 0 atom stereocenters. The van der Waals surface area contributed by atoms with Crippen molar-refractivity contribution in [1.29, 1.82) is 0 Å². The third-order valence-corrected chi connectivity index (χ3v) is 3.30. The van der Waals surface area contributed by atoms with Gasteiger partial charge in [0.2, 0.25) is 0 Å². The molecule has 0 aliphatic heterocycles. The lowest BCUT2D eigenvalue weighted by Gasteiger charge is -2.02. The lowest BCUT2D eigenvalue weighted by Crippen LogP contribution is -2.02. The molecule has 2 N–H and O–H groups in total. The molecule has 94 valence electrons. The molecule has 6 heteroatoms. The minimum atomic E-state index is -0.873. The number of carboxylic acid groups (broad SMARTS) is 1. The second-order valence-corrected chi connectivity index (χ2v) is 4.99. The van der Waals surface area contributed by atoms with E-state index in [4.69, 9.17) is 16.7 Å². The summed E-state index contributed by atoms with van der Waals surface area (Å²) in [6, 6.07) is 7.54. The normalized spacial score (nSPS) is 10.3. The van der Waals surface area contributed by atoms with Crippen molar-refractivity contribution in [2.75, 3.05) is 5.32 Å². The molecule has 4 nitrogen and oxygen atoms in total. The van der Waals surface area contributed by atoms with E-state index in [9.17, 15) is 4.79 Å². The van der Waals surface area contributed by atoms with Crippen molar-refractivity contribution in [2.45, 2.75) is 13.0 Å². The van der Waals surface area contributed by atoms with E-state index in [1.54, 1.807) is 5.38 Å². The molecule has 1 aromatic heterocycles. The van der Waals surface area contributed by atoms with Gasteiger partial charge in [-0.15, -0.1) is 11.3 Å². The Morgan fingerprint density at radius 2 is 2.33 bits per heavy atom. The fourth-order valence-electron chi connectivity index (χ4n) is 1.45. The predicted molar refractivity (Wildman–Crippen MR) is 72.2 cm³/mol. The average molecular weight is 283 g/mol. The molecule has 0 saturated heterocycles. The van der Waals surface area contributed by atoms with E-state index >= 15 is 0 Å². The van der Waals surface area contributed by atoms with Gasteiger partial charge in [-0.05, 0) is 17.7 Å². The molecule has 0 bridgehead atoms. The molecule has 1 heterocycles. The summed E-state index contributed by atoms with van der Waals surface area (Å²) in [7, 11) is 0. The van der Waals surface area contributed by atoms with Crippen LogP contribution in [0.2, 0.25) is 5.02 Å². The van der Waals surface area contributed by atoms with Gasteiger partial charge < -0.3 is 10.4 Å². The molecular weight excluding hydrogens is 272 g/mol. The molecule has 0 spiro atoms. The summed E-state index contributed by atoms with van der Waals surface area (Å²) in [5.41, 5.74) is 1.62. The minimum Gasteiger partial charge on any atom is -0.481 e. The van der Waals surface area contributed by atoms with Gasteiger partial charge in [0.1, 0.15) is 0 Å². The molecule has 0 saturated carbocycles. The van der Waals surface area contributed by atoms with Crippen LogP contribution in [0.25, 0.3) is 0 Å². The predicted octanol–water partition coefficient (Wildman–Crippen LogP) is 3.04. The molecule has 0 unspecified atom stereocenters. The van der Waals surface area contributed by atoms with Gasteiger partial charge in [0, 0.05) is 16.9 Å². The Hall–Kier alpha value is -1.59. The zero-order valence-electron chi connectivity index (χ0n) is 9.39. The number of nitrogens with one attached hydrogen (secondary N) is 1. The average Bonchev–Trinajstić information content (AvgIpc) is 2.73. The van der Waals surface area contributed by atoms with E-state index in [2.05, 4.69) is 10.3 Å². The maximum atomic E-state index is 10.5. The topological polar surface area (TPSA) is 62.2 Å². The van der Waals surface area contributed by atoms with Gasteiger partial charge >= 0.3 is 5.97 Å². The van der Waals surface area contributed by atoms with Gasteiger partial charge in [-0.25, -0.2) is 4.98 Å². The Labute approximate surface area is 113 Å². The highest BCUT2D eigenvalue weighted by Crippen LogP contribution is 2.17. The first-order chi connectivity index (χ1) is 8.63. The van der Waals surface area contributed by atoms with Crippen LogP contribution in [0.5, 0.6) is 0 Å². The first-order valence-electron chi connectivity index (χ1n) is 5.28. The van der Waals surface area contributed by atoms with Crippen molar-refractivity contribution in [3.05, 3.63) is 45.9 Å². The van der Waals surface area contributed by atoms with Gasteiger partial charge in [-0.2, -0.15) is 0 Å². The third-order valence-electron chi connectivity index (χ3n) is 2.22. The van der Waals surface area contributed by atoms with E-state index in [0.29, 0.717) is 22.4 Å². The van der Waals surface area contributed by atoms with E-state index in [1.165, 1.54) is 11.3 Å². The molecule has 0 radical (unpaired) electrons. The van der Waals surface area contributed by atoms with E-state index in [-0.39, 0.29) is 6.42 Å². The fourth-order valence-corrected chi connectivity index (χ4v) is 2.37. The number of halogens is 1. The first kappa shape index (κ1) is 12.9. The van der Waals surface area contributed by atoms with Crippen LogP contribution in [-0.2, 0) is 17.8 Å². The Bertz CT molecular complexity index is 557. The van der Waals surface area contributed by atoms with Gasteiger partial charge in [-0.3, -0.25) is 4.79 Å². The SMILES string of the molecule is O=C(O)Cc1csc(NCc2cccc(Cl)c2)n1. The van der Waals surface area contributed by atoms with Gasteiger partial charge in [0.15, 0.2) is 5.13 Å². The third kappa shape index (κ3) is 3.72. The van der Waals surface area contributed by atoms with Crippen LogP contribution in [0, 0.1) is 0 Å². The van der Waals surface area contributed by atoms with E-state index < -0.39 is 5.97 Å². The summed E-state index contributed by atoms with van der Waals surface area (Å²) in [6.07, 6.45) is -0.0463. The van der Waals surface area contributed by atoms with Crippen molar-refractivity contribution >= 4 is 34.0 Å². The van der Waals surface area contributed by atoms with Crippen LogP contribution in [0.4, 0.5) is 5.13 Å². The minimum absolute atomic E-state index is 0.0463. The molecule has 0 aliphatic carbocycles. The number of anilines is 1. The maximum absolute atomic E-state index is 10.5. The van der Waals surface area contributed by atoms with Crippen LogP contribution >= 0.6 is 22.9 Å². The zero-order valence-corrected chi connectivity index (χ0v) is 11.0. The molecule has 0 fully saturated rings. The van der Waals surface area contributed by atoms with Crippen LogP contribution < -0.4 is 5.32 Å². The second-order valence-electron chi connectivity index (χ2n) is 3.70. The Morgan fingerprint density at radius 3 is 3.06 bits per heavy atom. The smallest absolute Gasteiger partial charge is 0.309 e. The highest BCUT2D eigenvalue weighted by molar-refractivity contribution is 7.13. The number of carbonyl (C=O) groups is 1. The molecular formula is C12H11ClN2O2S. The summed E-state index contributed by atoms with van der Waals surface area (Å²) >= 11 is 7.28. The number of hydrogen-bond donors (Lipinski definition) is 2. The van der Waals surface area contributed by atoms with Crippen LogP contribution in [0.15, 0.2) is 29.6 Å². The largest absolute Gasteiger partial charge is 0.481 e. The number of benzene rings is 1. The van der Waals surface area contributed by atoms with E-state index in [1.807, 2.05) is 24.3 Å². The Kier molecular flexibility index (Phi) is 4.17. The van der Waals surface area contributed by atoms with Gasteiger partial charge in [0.25, 0.3) is 0 Å². The number of hydrogen-bond acceptors (Lipinski definition) is 4. The molecule has 0 aliphatic rings. The van der Waals surface area contributed by atoms with Crippen molar-refractivity contribution in [3.63, 3.8) is 0 Å². The number of thiazole rings is 1. The summed E-state index contributed by atoms with van der Waals surface area (Å²) in [5.74, 6) is -0.873. The number of aliphatic carboxylic acids is 1. The summed E-state index contributed by atoms with van der Waals surface area (Å²) in [4.78, 5) is 14.7. The zero-order chi connectivity index (χ0) is 13.0. The van der Waals surface area contributed by atoms with E-state index in [0.717, 1.165) is 5.56 Å². The summed E-state index contributed by atoms with van der Waals surface area (Å²) in [5, 5.41) is 14.9. The van der Waals surface area contributed by atoms with Crippen molar-refractivity contribution < 1.29 is 9.90 Å². The highest BCUT2D eigenvalue weighted by atomic mass is 35.5. The fraction of sp³-hybridized carbons (Fsp3) is 0.167. The second kappa shape index (κ2) is 5.84. The Morgan fingerprint density at radius 1 is 1.50 bits per heavy atom. The van der Waals surface area contributed by atoms with Crippen molar-refractivity contribution in [2.24, 2.45) is 0 Å². The van der Waals surface area contributed by atoms with Gasteiger partial charge in [0.05, 0.1) is 12.1 Å². The molecule has 2 rings (SSSR count). The first-order valence-corrected chi connectivity index (χ1v) is 6.54. The van der Waals surface area contributed by atoms with Crippen LogP contribution in [0.1, 0.15) is 11.3 Å². The number of rotatable bonds is 5. The standard InChI is InChI=1S/C12H11ClN2O2S/c13-9-3-1-2-8(4-9)6-14-12-15-10(7-18-12)5-11(16)17/h1-4,7H,5-6H2,(H,14,15)(H,16,17). The Balaban J connectivity index is 1.94. The van der Waals surface area contributed by atoms with Crippen molar-refractivity contribution in [1.82, 2.24) is 4.98 Å². The summed E-state index contributed by atoms with van der Waals surface area (Å²) in [6.45, 7) is 0.612. The molecule has 2 aromatic rings. The summed E-state index contributed by atoms with van der Waals surface area (Å²) < 4.78 is 0. The van der Waals surface area contributed by atoms with Gasteiger partial charge in [-0.1, -0.05) is 23.7 Å². The lowest BCUT2D eigenvalue weighted by atomic mass is 10.2. The molecule has 18 heavy (non-hydrogen) atoms. The highest BCUT2D eigenvalue weighted by Gasteiger charge is 2.05. The maximum Gasteiger partial charge on any atom is 0.309 e.